The third-order valence-electron chi connectivity index (χ3n) is 5.85. The van der Waals surface area contributed by atoms with Crippen LogP contribution in [0.15, 0.2) is 47.4 Å². The van der Waals surface area contributed by atoms with Crippen LogP contribution in [-0.4, -0.2) is 56.0 Å². The zero-order valence-electron chi connectivity index (χ0n) is 18.0. The van der Waals surface area contributed by atoms with E-state index in [1.165, 1.54) is 28.6 Å². The van der Waals surface area contributed by atoms with Crippen molar-refractivity contribution >= 4 is 21.9 Å². The van der Waals surface area contributed by atoms with Crippen LogP contribution in [0.1, 0.15) is 35.2 Å². The minimum atomic E-state index is -3.70. The lowest BCUT2D eigenvalue weighted by atomic mass is 9.97. The van der Waals surface area contributed by atoms with E-state index in [1.54, 1.807) is 18.2 Å². The molecule has 0 unspecified atom stereocenters. The van der Waals surface area contributed by atoms with E-state index in [0.717, 1.165) is 12.0 Å². The van der Waals surface area contributed by atoms with Gasteiger partial charge in [-0.05, 0) is 42.7 Å². The highest BCUT2D eigenvalue weighted by Gasteiger charge is 2.32. The Labute approximate surface area is 192 Å². The molecule has 0 aliphatic carbocycles. The van der Waals surface area contributed by atoms with Crippen molar-refractivity contribution in [2.75, 3.05) is 26.3 Å². The van der Waals surface area contributed by atoms with Crippen molar-refractivity contribution in [3.05, 3.63) is 53.6 Å². The van der Waals surface area contributed by atoms with E-state index >= 15 is 0 Å². The molecule has 2 heterocycles. The number of sulfonamides is 1. The van der Waals surface area contributed by atoms with Crippen molar-refractivity contribution < 1.29 is 32.6 Å². The monoisotopic (exact) mass is 474 g/mol. The number of rotatable bonds is 6. The summed E-state index contributed by atoms with van der Waals surface area (Å²) in [6, 6.07) is 11.0. The fourth-order valence-electron chi connectivity index (χ4n) is 3.91. The van der Waals surface area contributed by atoms with Crippen LogP contribution in [0.4, 0.5) is 0 Å². The standard InChI is InChI=1S/C23H26N2O7S/c26-22(24-15-16-2-4-18(5-3-16)23(27)28)17-8-10-25(11-9-17)33(29,30)19-6-7-20-21(14-19)32-13-1-12-31-20/h2-7,14,17H,1,8-13,15H2,(H,24,26)(H,27,28). The summed E-state index contributed by atoms with van der Waals surface area (Å²) in [5.74, 6) is -0.443. The van der Waals surface area contributed by atoms with Crippen LogP contribution < -0.4 is 14.8 Å². The lowest BCUT2D eigenvalue weighted by Gasteiger charge is -2.30. The van der Waals surface area contributed by atoms with Gasteiger partial charge in [0.05, 0.1) is 23.7 Å². The molecule has 2 N–H and O–H groups in total. The van der Waals surface area contributed by atoms with Crippen molar-refractivity contribution in [1.82, 2.24) is 9.62 Å². The van der Waals surface area contributed by atoms with Gasteiger partial charge < -0.3 is 19.9 Å². The molecule has 1 saturated heterocycles. The number of ether oxygens (including phenoxy) is 2. The molecule has 2 aliphatic heterocycles. The van der Waals surface area contributed by atoms with Gasteiger partial charge in [0.15, 0.2) is 11.5 Å². The largest absolute Gasteiger partial charge is 0.490 e. The number of carboxylic acid groups (broad SMARTS) is 1. The van der Waals surface area contributed by atoms with Crippen LogP contribution in [0, 0.1) is 5.92 Å². The topological polar surface area (TPSA) is 122 Å². The molecule has 176 valence electrons. The maximum atomic E-state index is 13.1. The maximum absolute atomic E-state index is 13.1. The Morgan fingerprint density at radius 1 is 1.00 bits per heavy atom. The number of nitrogens with one attached hydrogen (secondary N) is 1. The fraction of sp³-hybridized carbons (Fsp3) is 0.391. The number of amides is 1. The first-order valence-corrected chi connectivity index (χ1v) is 12.3. The van der Waals surface area contributed by atoms with Gasteiger partial charge in [-0.3, -0.25) is 4.79 Å². The third-order valence-corrected chi connectivity index (χ3v) is 7.74. The molecular weight excluding hydrogens is 448 g/mol. The number of carbonyl (C=O) groups is 2. The van der Waals surface area contributed by atoms with Gasteiger partial charge in [-0.1, -0.05) is 12.1 Å². The lowest BCUT2D eigenvalue weighted by Crippen LogP contribution is -2.42. The molecule has 0 saturated carbocycles. The van der Waals surface area contributed by atoms with Gasteiger partial charge in [0.25, 0.3) is 0 Å². The number of aromatic carboxylic acids is 1. The highest BCUT2D eigenvalue weighted by Crippen LogP contribution is 2.33. The molecule has 0 spiro atoms. The summed E-state index contributed by atoms with van der Waals surface area (Å²) in [6.45, 7) is 1.79. The van der Waals surface area contributed by atoms with Gasteiger partial charge in [0.1, 0.15) is 0 Å². The summed E-state index contributed by atoms with van der Waals surface area (Å²) in [5.41, 5.74) is 0.981. The molecule has 2 aliphatic rings. The average molecular weight is 475 g/mol. The van der Waals surface area contributed by atoms with Gasteiger partial charge in [-0.15, -0.1) is 0 Å². The Morgan fingerprint density at radius 2 is 1.67 bits per heavy atom. The molecule has 0 radical (unpaired) electrons. The van der Waals surface area contributed by atoms with Crippen LogP contribution in [0.5, 0.6) is 11.5 Å². The number of benzene rings is 2. The fourth-order valence-corrected chi connectivity index (χ4v) is 5.40. The summed E-state index contributed by atoms with van der Waals surface area (Å²) < 4.78 is 38.8. The van der Waals surface area contributed by atoms with Crippen LogP contribution in [0.3, 0.4) is 0 Å². The van der Waals surface area contributed by atoms with Gasteiger partial charge in [0.2, 0.25) is 15.9 Å². The number of carbonyl (C=O) groups excluding carboxylic acids is 1. The number of carboxylic acids is 1. The molecule has 4 rings (SSSR count). The minimum Gasteiger partial charge on any atom is -0.490 e. The highest BCUT2D eigenvalue weighted by atomic mass is 32.2. The van der Waals surface area contributed by atoms with E-state index < -0.39 is 16.0 Å². The second kappa shape index (κ2) is 9.80. The number of hydrogen-bond donors (Lipinski definition) is 2. The van der Waals surface area contributed by atoms with Crippen LogP contribution in [0.25, 0.3) is 0 Å². The van der Waals surface area contributed by atoms with Gasteiger partial charge >= 0.3 is 5.97 Å². The van der Waals surface area contributed by atoms with E-state index in [9.17, 15) is 18.0 Å². The van der Waals surface area contributed by atoms with E-state index in [1.807, 2.05) is 0 Å². The zero-order chi connectivity index (χ0) is 23.4. The first kappa shape index (κ1) is 23.1. The summed E-state index contributed by atoms with van der Waals surface area (Å²) in [6.07, 6.45) is 1.58. The molecule has 2 aromatic carbocycles. The summed E-state index contributed by atoms with van der Waals surface area (Å²) in [5, 5.41) is 11.8. The Bertz CT molecular complexity index is 1120. The van der Waals surface area contributed by atoms with Crippen LogP contribution >= 0.6 is 0 Å². The van der Waals surface area contributed by atoms with E-state index in [2.05, 4.69) is 5.32 Å². The molecule has 9 nitrogen and oxygen atoms in total. The molecule has 10 heteroatoms. The van der Waals surface area contributed by atoms with Crippen LogP contribution in [0.2, 0.25) is 0 Å². The quantitative estimate of drug-likeness (QED) is 0.658. The van der Waals surface area contributed by atoms with Crippen molar-refractivity contribution in [3.63, 3.8) is 0 Å². The predicted molar refractivity (Wildman–Crippen MR) is 119 cm³/mol. The first-order chi connectivity index (χ1) is 15.8. The summed E-state index contributed by atoms with van der Waals surface area (Å²) >= 11 is 0. The summed E-state index contributed by atoms with van der Waals surface area (Å²) in [7, 11) is -3.70. The van der Waals surface area contributed by atoms with Crippen molar-refractivity contribution in [1.29, 1.82) is 0 Å². The minimum absolute atomic E-state index is 0.134. The van der Waals surface area contributed by atoms with Gasteiger partial charge in [-0.2, -0.15) is 4.31 Å². The van der Waals surface area contributed by atoms with E-state index in [4.69, 9.17) is 14.6 Å². The molecule has 0 aromatic heterocycles. The number of nitrogens with zero attached hydrogens (tertiary/aromatic N) is 1. The van der Waals surface area contributed by atoms with Gasteiger partial charge in [-0.25, -0.2) is 13.2 Å². The molecule has 33 heavy (non-hydrogen) atoms. The average Bonchev–Trinajstić information content (AvgIpc) is 3.08. The molecule has 1 amide bonds. The second-order valence-corrected chi connectivity index (χ2v) is 10.00. The summed E-state index contributed by atoms with van der Waals surface area (Å²) in [4.78, 5) is 23.6. The molecule has 0 atom stereocenters. The Hall–Kier alpha value is -3.11. The number of fused-ring (bicyclic) bond motifs is 1. The van der Waals surface area contributed by atoms with Crippen molar-refractivity contribution in [2.24, 2.45) is 5.92 Å². The first-order valence-electron chi connectivity index (χ1n) is 10.8. The smallest absolute Gasteiger partial charge is 0.335 e. The lowest BCUT2D eigenvalue weighted by molar-refractivity contribution is -0.126. The zero-order valence-corrected chi connectivity index (χ0v) is 18.8. The number of hydrogen-bond acceptors (Lipinski definition) is 6. The van der Waals surface area contributed by atoms with Crippen molar-refractivity contribution in [3.8, 4) is 11.5 Å². The van der Waals surface area contributed by atoms with Crippen LogP contribution in [-0.2, 0) is 21.4 Å². The molecular formula is C23H26N2O7S. The Balaban J connectivity index is 1.32. The normalized spacial score (nSPS) is 17.2. The number of piperidine rings is 1. The SMILES string of the molecule is O=C(O)c1ccc(CNC(=O)C2CCN(S(=O)(=O)c3ccc4c(c3)OCCCO4)CC2)cc1. The van der Waals surface area contributed by atoms with E-state index in [0.29, 0.717) is 37.6 Å². The third kappa shape index (κ3) is 5.28. The maximum Gasteiger partial charge on any atom is 0.335 e. The molecule has 1 fully saturated rings. The molecule has 0 bridgehead atoms. The second-order valence-electron chi connectivity index (χ2n) is 8.06. The molecule has 2 aromatic rings. The van der Waals surface area contributed by atoms with Gasteiger partial charge in [0, 0.05) is 38.0 Å². The van der Waals surface area contributed by atoms with E-state index in [-0.39, 0.29) is 41.9 Å². The Morgan fingerprint density at radius 3 is 2.33 bits per heavy atom. The Kier molecular flexibility index (Phi) is 6.85. The predicted octanol–water partition coefficient (Wildman–Crippen LogP) is 2.26. The highest BCUT2D eigenvalue weighted by molar-refractivity contribution is 7.89. The van der Waals surface area contributed by atoms with Crippen molar-refractivity contribution in [2.45, 2.75) is 30.7 Å².